The molecule has 0 aliphatic carbocycles. The van der Waals surface area contributed by atoms with Crippen LogP contribution in [0.3, 0.4) is 0 Å². The van der Waals surface area contributed by atoms with E-state index in [1.165, 1.54) is 12.3 Å². The van der Waals surface area contributed by atoms with Gasteiger partial charge in [-0.25, -0.2) is 4.98 Å². The molecule has 0 aliphatic rings. The van der Waals surface area contributed by atoms with Crippen LogP contribution in [0.25, 0.3) is 0 Å². The first kappa shape index (κ1) is 15.1. The van der Waals surface area contributed by atoms with Gasteiger partial charge in [-0.2, -0.15) is 13.2 Å². The number of nitrogens with zero attached hydrogens (tertiary/aromatic N) is 1. The Bertz CT molecular complexity index is 448. The van der Waals surface area contributed by atoms with Crippen molar-refractivity contribution in [3.63, 3.8) is 0 Å². The number of anilines is 2. The topological polar surface area (TPSA) is 94.0 Å². The number of alkyl halides is 3. The van der Waals surface area contributed by atoms with Gasteiger partial charge in [0.05, 0.1) is 17.4 Å². The first-order valence-electron chi connectivity index (χ1n) is 5.65. The number of carbonyl (C=O) groups excluding carboxylic acids is 1. The van der Waals surface area contributed by atoms with Gasteiger partial charge in [0.15, 0.2) is 0 Å². The minimum absolute atomic E-state index is 0.0113. The molecular weight excluding hydrogens is 261 g/mol. The lowest BCUT2D eigenvalue weighted by molar-refractivity contribution is -0.135. The van der Waals surface area contributed by atoms with Gasteiger partial charge in [-0.15, -0.1) is 0 Å². The minimum atomic E-state index is -4.14. The SMILES string of the molecule is NC(=O)c1cc(N)cnc1NCCCCC(F)(F)F. The van der Waals surface area contributed by atoms with E-state index in [9.17, 15) is 18.0 Å². The van der Waals surface area contributed by atoms with Crippen molar-refractivity contribution in [2.75, 3.05) is 17.6 Å². The standard InChI is InChI=1S/C11H15F3N4O/c12-11(13,14)3-1-2-4-17-10-8(9(16)19)5-7(15)6-18-10/h5-6H,1-4,15H2,(H2,16,19)(H,17,18). The molecule has 1 heterocycles. The van der Waals surface area contributed by atoms with Crippen LogP contribution >= 0.6 is 0 Å². The normalized spacial score (nSPS) is 11.3. The van der Waals surface area contributed by atoms with Crippen LogP contribution in [0, 0.1) is 0 Å². The Morgan fingerprint density at radius 1 is 1.37 bits per heavy atom. The minimum Gasteiger partial charge on any atom is -0.397 e. The molecule has 0 atom stereocenters. The van der Waals surface area contributed by atoms with E-state index in [-0.39, 0.29) is 30.0 Å². The number of nitrogens with one attached hydrogen (secondary N) is 1. The van der Waals surface area contributed by atoms with Crippen LogP contribution in [0.2, 0.25) is 0 Å². The van der Waals surface area contributed by atoms with Gasteiger partial charge in [-0.05, 0) is 18.9 Å². The molecule has 0 fully saturated rings. The zero-order valence-electron chi connectivity index (χ0n) is 10.1. The maximum Gasteiger partial charge on any atom is 0.389 e. The third-order valence-electron chi connectivity index (χ3n) is 2.35. The van der Waals surface area contributed by atoms with E-state index in [4.69, 9.17) is 11.5 Å². The average molecular weight is 276 g/mol. The predicted octanol–water partition coefficient (Wildman–Crippen LogP) is 1.91. The van der Waals surface area contributed by atoms with Crippen LogP contribution in [-0.4, -0.2) is 23.6 Å². The largest absolute Gasteiger partial charge is 0.397 e. The van der Waals surface area contributed by atoms with Crippen LogP contribution in [0.4, 0.5) is 24.7 Å². The van der Waals surface area contributed by atoms with Gasteiger partial charge in [0.1, 0.15) is 5.82 Å². The van der Waals surface area contributed by atoms with Crippen molar-refractivity contribution in [1.82, 2.24) is 4.98 Å². The van der Waals surface area contributed by atoms with Crippen molar-refractivity contribution in [3.05, 3.63) is 17.8 Å². The molecule has 0 spiro atoms. The van der Waals surface area contributed by atoms with Gasteiger partial charge in [-0.1, -0.05) is 0 Å². The second-order valence-corrected chi connectivity index (χ2v) is 4.03. The molecule has 1 amide bonds. The summed E-state index contributed by atoms with van der Waals surface area (Å²) in [6.07, 6.45) is -3.31. The Hall–Kier alpha value is -1.99. The fourth-order valence-corrected chi connectivity index (χ4v) is 1.47. The maximum absolute atomic E-state index is 11.9. The number of carbonyl (C=O) groups is 1. The highest BCUT2D eigenvalue weighted by atomic mass is 19.4. The second-order valence-electron chi connectivity index (χ2n) is 4.03. The van der Waals surface area contributed by atoms with Crippen molar-refractivity contribution in [2.24, 2.45) is 5.73 Å². The summed E-state index contributed by atoms with van der Waals surface area (Å²) < 4.78 is 35.7. The first-order valence-corrected chi connectivity index (χ1v) is 5.65. The van der Waals surface area contributed by atoms with Crippen molar-refractivity contribution in [2.45, 2.75) is 25.4 Å². The molecular formula is C11H15F3N4O. The molecule has 0 aliphatic heterocycles. The number of halogens is 3. The molecule has 8 heteroatoms. The van der Waals surface area contributed by atoms with E-state index in [1.807, 2.05) is 0 Å². The molecule has 0 radical (unpaired) electrons. The molecule has 106 valence electrons. The highest BCUT2D eigenvalue weighted by Gasteiger charge is 2.25. The Labute approximate surface area is 108 Å². The number of hydrogen-bond donors (Lipinski definition) is 3. The third-order valence-corrected chi connectivity index (χ3v) is 2.35. The summed E-state index contributed by atoms with van der Waals surface area (Å²) in [7, 11) is 0. The summed E-state index contributed by atoms with van der Waals surface area (Å²) in [6, 6.07) is 1.37. The number of pyridine rings is 1. The number of unbranched alkanes of at least 4 members (excludes halogenated alkanes) is 1. The number of aromatic nitrogens is 1. The zero-order chi connectivity index (χ0) is 14.5. The molecule has 0 aromatic carbocycles. The molecule has 0 bridgehead atoms. The van der Waals surface area contributed by atoms with Gasteiger partial charge < -0.3 is 16.8 Å². The Balaban J connectivity index is 2.47. The lowest BCUT2D eigenvalue weighted by atomic mass is 10.2. The van der Waals surface area contributed by atoms with Crippen molar-refractivity contribution in [1.29, 1.82) is 0 Å². The van der Waals surface area contributed by atoms with Gasteiger partial charge >= 0.3 is 6.18 Å². The van der Waals surface area contributed by atoms with E-state index in [0.29, 0.717) is 6.42 Å². The lowest BCUT2D eigenvalue weighted by Gasteiger charge is -2.10. The summed E-state index contributed by atoms with van der Waals surface area (Å²) in [5.74, 6) is -0.466. The molecule has 0 saturated carbocycles. The molecule has 0 unspecified atom stereocenters. The molecule has 5 nitrogen and oxygen atoms in total. The van der Waals surface area contributed by atoms with Gasteiger partial charge in [0.25, 0.3) is 5.91 Å². The molecule has 0 saturated heterocycles. The maximum atomic E-state index is 11.9. The summed E-state index contributed by atoms with van der Waals surface area (Å²) in [6.45, 7) is 0.271. The number of nitrogens with two attached hydrogens (primary N) is 2. The van der Waals surface area contributed by atoms with Crippen LogP contribution in [0.1, 0.15) is 29.6 Å². The molecule has 1 aromatic heterocycles. The van der Waals surface area contributed by atoms with Crippen LogP contribution in [0.15, 0.2) is 12.3 Å². The van der Waals surface area contributed by atoms with E-state index in [1.54, 1.807) is 0 Å². The van der Waals surface area contributed by atoms with Crippen molar-refractivity contribution >= 4 is 17.4 Å². The zero-order valence-corrected chi connectivity index (χ0v) is 10.1. The number of rotatable bonds is 6. The van der Waals surface area contributed by atoms with E-state index < -0.39 is 18.5 Å². The van der Waals surface area contributed by atoms with Crippen LogP contribution in [-0.2, 0) is 0 Å². The van der Waals surface area contributed by atoms with Gasteiger partial charge in [0.2, 0.25) is 0 Å². The summed E-state index contributed by atoms with van der Waals surface area (Å²) in [4.78, 5) is 15.0. The monoisotopic (exact) mass is 276 g/mol. The van der Waals surface area contributed by atoms with Gasteiger partial charge in [0, 0.05) is 13.0 Å². The lowest BCUT2D eigenvalue weighted by Crippen LogP contribution is -2.17. The number of hydrogen-bond acceptors (Lipinski definition) is 4. The van der Waals surface area contributed by atoms with Crippen molar-refractivity contribution < 1.29 is 18.0 Å². The third kappa shape index (κ3) is 5.45. The van der Waals surface area contributed by atoms with E-state index in [2.05, 4.69) is 10.3 Å². The summed E-state index contributed by atoms with van der Waals surface area (Å²) in [5.41, 5.74) is 11.0. The highest BCUT2D eigenvalue weighted by molar-refractivity contribution is 5.98. The van der Waals surface area contributed by atoms with Gasteiger partial charge in [-0.3, -0.25) is 4.79 Å². The van der Waals surface area contributed by atoms with E-state index in [0.717, 1.165) is 0 Å². The molecule has 5 N–H and O–H groups in total. The number of amides is 1. The number of nitrogen functional groups attached to an aromatic ring is 1. The summed E-state index contributed by atoms with van der Waals surface area (Å²) in [5, 5.41) is 2.77. The molecule has 19 heavy (non-hydrogen) atoms. The van der Waals surface area contributed by atoms with Crippen LogP contribution in [0.5, 0.6) is 0 Å². The predicted molar refractivity (Wildman–Crippen MR) is 65.6 cm³/mol. The summed E-state index contributed by atoms with van der Waals surface area (Å²) >= 11 is 0. The highest BCUT2D eigenvalue weighted by Crippen LogP contribution is 2.22. The van der Waals surface area contributed by atoms with E-state index >= 15 is 0 Å². The number of primary amides is 1. The first-order chi connectivity index (χ1) is 8.79. The van der Waals surface area contributed by atoms with Crippen molar-refractivity contribution in [3.8, 4) is 0 Å². The second kappa shape index (κ2) is 6.26. The van der Waals surface area contributed by atoms with Crippen LogP contribution < -0.4 is 16.8 Å². The fourth-order valence-electron chi connectivity index (χ4n) is 1.47. The Morgan fingerprint density at radius 3 is 2.63 bits per heavy atom. The average Bonchev–Trinajstić information content (AvgIpc) is 2.28. The molecule has 1 aromatic rings. The molecule has 1 rings (SSSR count). The quantitative estimate of drug-likeness (QED) is 0.692. The Morgan fingerprint density at radius 2 is 2.05 bits per heavy atom. The Kier molecular flexibility index (Phi) is 4.96. The smallest absolute Gasteiger partial charge is 0.389 e. The fraction of sp³-hybridized carbons (Fsp3) is 0.455.